The average Bonchev–Trinajstić information content (AvgIpc) is 2.21. The lowest BCUT2D eigenvalue weighted by Gasteiger charge is -2.13. The summed E-state index contributed by atoms with van der Waals surface area (Å²) in [6.07, 6.45) is -0.00407. The number of likely N-dealkylation sites (N-methyl/N-ethyl adjacent to an activating group) is 1. The van der Waals surface area contributed by atoms with Gasteiger partial charge in [-0.1, -0.05) is 13.8 Å². The third kappa shape index (κ3) is 6.06. The van der Waals surface area contributed by atoms with Gasteiger partial charge in [-0.25, -0.2) is 0 Å². The predicted molar refractivity (Wildman–Crippen MR) is 55.3 cm³/mol. The highest BCUT2D eigenvalue weighted by Crippen LogP contribution is 2.00. The number of carbonyl (C=O) groups excluding carboxylic acids is 2. The molecule has 0 aliphatic rings. The molecular formula is C10H19NO4. The van der Waals surface area contributed by atoms with Crippen LogP contribution < -0.4 is 5.32 Å². The van der Waals surface area contributed by atoms with Gasteiger partial charge in [0.15, 0.2) is 0 Å². The number of carbonyl (C=O) groups is 2. The highest BCUT2D eigenvalue weighted by molar-refractivity contribution is 5.82. The van der Waals surface area contributed by atoms with Gasteiger partial charge in [0, 0.05) is 0 Å². The van der Waals surface area contributed by atoms with E-state index in [-0.39, 0.29) is 6.42 Å². The number of hydrogen-bond donors (Lipinski definition) is 1. The summed E-state index contributed by atoms with van der Waals surface area (Å²) < 4.78 is 9.46. The lowest BCUT2D eigenvalue weighted by molar-refractivity contribution is -0.151. The van der Waals surface area contributed by atoms with E-state index in [0.29, 0.717) is 12.5 Å². The highest BCUT2D eigenvalue weighted by Gasteiger charge is 2.21. The third-order valence-electron chi connectivity index (χ3n) is 1.78. The van der Waals surface area contributed by atoms with Gasteiger partial charge in [-0.2, -0.15) is 0 Å². The maximum absolute atomic E-state index is 11.3. The van der Waals surface area contributed by atoms with Crippen LogP contribution in [-0.2, 0) is 19.1 Å². The fourth-order valence-electron chi connectivity index (χ4n) is 0.931. The summed E-state index contributed by atoms with van der Waals surface area (Å²) in [5, 5.41) is 2.70. The molecule has 0 saturated heterocycles. The van der Waals surface area contributed by atoms with E-state index in [1.165, 1.54) is 7.11 Å². The number of hydrogen-bond acceptors (Lipinski definition) is 5. The Bertz CT molecular complexity index is 215. The van der Waals surface area contributed by atoms with Gasteiger partial charge >= 0.3 is 11.9 Å². The molecule has 5 nitrogen and oxygen atoms in total. The zero-order valence-electron chi connectivity index (χ0n) is 9.70. The number of rotatable bonds is 6. The van der Waals surface area contributed by atoms with E-state index in [4.69, 9.17) is 4.74 Å². The quantitative estimate of drug-likeness (QED) is 0.650. The summed E-state index contributed by atoms with van der Waals surface area (Å²) >= 11 is 0. The summed E-state index contributed by atoms with van der Waals surface area (Å²) in [6, 6.07) is -0.630. The Balaban J connectivity index is 3.96. The van der Waals surface area contributed by atoms with E-state index >= 15 is 0 Å². The Morgan fingerprint density at radius 2 is 1.93 bits per heavy atom. The van der Waals surface area contributed by atoms with Gasteiger partial charge in [0.05, 0.1) is 20.1 Å². The number of ether oxygens (including phenoxy) is 2. The Morgan fingerprint density at radius 3 is 2.33 bits per heavy atom. The van der Waals surface area contributed by atoms with E-state index in [0.717, 1.165) is 0 Å². The summed E-state index contributed by atoms with van der Waals surface area (Å²) in [5.41, 5.74) is 0. The third-order valence-corrected chi connectivity index (χ3v) is 1.78. The molecule has 0 spiro atoms. The molecule has 0 rings (SSSR count). The van der Waals surface area contributed by atoms with Crippen LogP contribution in [0.5, 0.6) is 0 Å². The van der Waals surface area contributed by atoms with Crippen LogP contribution in [0.2, 0.25) is 0 Å². The highest BCUT2D eigenvalue weighted by atomic mass is 16.5. The first-order valence-electron chi connectivity index (χ1n) is 4.92. The Morgan fingerprint density at radius 1 is 1.33 bits per heavy atom. The summed E-state index contributed by atoms with van der Waals surface area (Å²) in [4.78, 5) is 22.4. The van der Waals surface area contributed by atoms with Crippen molar-refractivity contribution in [1.29, 1.82) is 0 Å². The molecule has 0 saturated carbocycles. The zero-order valence-corrected chi connectivity index (χ0v) is 9.70. The lowest BCUT2D eigenvalue weighted by atomic mass is 10.2. The number of methoxy groups -OCH3 is 1. The smallest absolute Gasteiger partial charge is 0.323 e. The van der Waals surface area contributed by atoms with E-state index in [2.05, 4.69) is 10.1 Å². The van der Waals surface area contributed by atoms with Gasteiger partial charge in [0.1, 0.15) is 6.04 Å². The van der Waals surface area contributed by atoms with Crippen molar-refractivity contribution in [2.45, 2.75) is 26.3 Å². The van der Waals surface area contributed by atoms with E-state index < -0.39 is 18.0 Å². The molecule has 15 heavy (non-hydrogen) atoms. The second-order valence-electron chi connectivity index (χ2n) is 3.65. The summed E-state index contributed by atoms with van der Waals surface area (Å²) in [7, 11) is 2.88. The lowest BCUT2D eigenvalue weighted by Crippen LogP contribution is -2.37. The predicted octanol–water partition coefficient (Wildman–Crippen LogP) is 0.337. The van der Waals surface area contributed by atoms with Crippen molar-refractivity contribution in [2.75, 3.05) is 20.8 Å². The van der Waals surface area contributed by atoms with E-state index in [1.54, 1.807) is 7.05 Å². The molecule has 0 aromatic carbocycles. The van der Waals surface area contributed by atoms with Crippen LogP contribution in [0.25, 0.3) is 0 Å². The van der Waals surface area contributed by atoms with Crippen molar-refractivity contribution in [3.05, 3.63) is 0 Å². The molecule has 0 aliphatic carbocycles. The van der Waals surface area contributed by atoms with Crippen molar-refractivity contribution in [3.63, 3.8) is 0 Å². The van der Waals surface area contributed by atoms with Gasteiger partial charge in [-0.15, -0.1) is 0 Å². The molecule has 1 N–H and O–H groups in total. The molecule has 0 radical (unpaired) electrons. The Kier molecular flexibility index (Phi) is 6.70. The minimum absolute atomic E-state index is 0.00407. The first kappa shape index (κ1) is 13.9. The molecule has 0 heterocycles. The minimum atomic E-state index is -0.630. The standard InChI is InChI=1S/C10H19NO4/c1-7(2)6-15-9(12)5-8(11-3)10(13)14-4/h7-8,11H,5-6H2,1-4H3/t8-/m0/s1. The maximum atomic E-state index is 11.3. The van der Waals surface area contributed by atoms with Gasteiger partial charge < -0.3 is 14.8 Å². The second-order valence-corrected chi connectivity index (χ2v) is 3.65. The second kappa shape index (κ2) is 7.23. The molecule has 5 heteroatoms. The molecular weight excluding hydrogens is 198 g/mol. The van der Waals surface area contributed by atoms with Gasteiger partial charge in [-0.3, -0.25) is 9.59 Å². The summed E-state index contributed by atoms with van der Waals surface area (Å²) in [5.74, 6) is -0.562. The molecule has 0 fully saturated rings. The van der Waals surface area contributed by atoms with E-state index in [1.807, 2.05) is 13.8 Å². The van der Waals surface area contributed by atoms with Crippen LogP contribution in [0.3, 0.4) is 0 Å². The largest absolute Gasteiger partial charge is 0.468 e. The van der Waals surface area contributed by atoms with Crippen LogP contribution in [0.15, 0.2) is 0 Å². The Hall–Kier alpha value is -1.10. The van der Waals surface area contributed by atoms with Crippen LogP contribution in [0.1, 0.15) is 20.3 Å². The minimum Gasteiger partial charge on any atom is -0.468 e. The number of nitrogens with one attached hydrogen (secondary N) is 1. The van der Waals surface area contributed by atoms with Crippen LogP contribution in [0.4, 0.5) is 0 Å². The van der Waals surface area contributed by atoms with Gasteiger partial charge in [-0.05, 0) is 13.0 Å². The van der Waals surface area contributed by atoms with Crippen molar-refractivity contribution >= 4 is 11.9 Å². The fourth-order valence-corrected chi connectivity index (χ4v) is 0.931. The van der Waals surface area contributed by atoms with Crippen LogP contribution in [-0.4, -0.2) is 38.7 Å². The van der Waals surface area contributed by atoms with Crippen molar-refractivity contribution < 1.29 is 19.1 Å². The zero-order chi connectivity index (χ0) is 11.8. The molecule has 0 bridgehead atoms. The normalized spacial score (nSPS) is 12.3. The number of esters is 2. The maximum Gasteiger partial charge on any atom is 0.323 e. The first-order valence-corrected chi connectivity index (χ1v) is 4.92. The fraction of sp³-hybridized carbons (Fsp3) is 0.800. The van der Waals surface area contributed by atoms with Crippen LogP contribution >= 0.6 is 0 Å². The molecule has 0 amide bonds. The van der Waals surface area contributed by atoms with Crippen molar-refractivity contribution in [2.24, 2.45) is 5.92 Å². The average molecular weight is 217 g/mol. The summed E-state index contributed by atoms with van der Waals surface area (Å²) in [6.45, 7) is 4.27. The SMILES string of the molecule is CN[C@@H](CC(=O)OCC(C)C)C(=O)OC. The van der Waals surface area contributed by atoms with E-state index in [9.17, 15) is 9.59 Å². The topological polar surface area (TPSA) is 64.6 Å². The Labute approximate surface area is 90.1 Å². The molecule has 0 aromatic rings. The molecule has 0 unspecified atom stereocenters. The molecule has 88 valence electrons. The molecule has 0 aliphatic heterocycles. The van der Waals surface area contributed by atoms with Gasteiger partial charge in [0.25, 0.3) is 0 Å². The van der Waals surface area contributed by atoms with Gasteiger partial charge in [0.2, 0.25) is 0 Å². The van der Waals surface area contributed by atoms with Crippen LogP contribution in [0, 0.1) is 5.92 Å². The molecule has 0 aromatic heterocycles. The van der Waals surface area contributed by atoms with Crippen molar-refractivity contribution in [3.8, 4) is 0 Å². The van der Waals surface area contributed by atoms with Crippen molar-refractivity contribution in [1.82, 2.24) is 5.32 Å². The monoisotopic (exact) mass is 217 g/mol. The molecule has 1 atom stereocenters. The first-order chi connectivity index (χ1) is 7.01.